The van der Waals surface area contributed by atoms with Crippen LogP contribution in [0.5, 0.6) is 0 Å². The van der Waals surface area contributed by atoms with Gasteiger partial charge in [-0.25, -0.2) is 12.8 Å². The van der Waals surface area contributed by atoms with Gasteiger partial charge in [0.15, 0.2) is 0 Å². The molecule has 0 aliphatic rings. The molecule has 5 nitrogen and oxygen atoms in total. The van der Waals surface area contributed by atoms with Crippen LogP contribution < -0.4 is 9.62 Å². The highest BCUT2D eigenvalue weighted by Crippen LogP contribution is 2.32. The molecule has 2 aromatic carbocycles. The van der Waals surface area contributed by atoms with Gasteiger partial charge in [-0.05, 0) is 42.3 Å². The van der Waals surface area contributed by atoms with Crippen LogP contribution in [-0.4, -0.2) is 27.1 Å². The number of nitrogens with one attached hydrogen (secondary N) is 1. The number of sulfonamides is 1. The predicted octanol–water partition coefficient (Wildman–Crippen LogP) is 3.71. The summed E-state index contributed by atoms with van der Waals surface area (Å²) >= 11 is 0. The number of hydrogen-bond donors (Lipinski definition) is 1. The fourth-order valence-corrected chi connectivity index (χ4v) is 3.60. The van der Waals surface area contributed by atoms with E-state index in [9.17, 15) is 30.8 Å². The maximum atomic E-state index is 13.1. The Morgan fingerprint density at radius 2 is 1.79 bits per heavy atom. The third kappa shape index (κ3) is 7.04. The summed E-state index contributed by atoms with van der Waals surface area (Å²) in [5.74, 6) is -0.812. The van der Waals surface area contributed by atoms with Crippen molar-refractivity contribution in [1.29, 1.82) is 0 Å². The van der Waals surface area contributed by atoms with Crippen molar-refractivity contribution in [2.45, 2.75) is 25.6 Å². The van der Waals surface area contributed by atoms with Crippen LogP contribution in [0, 0.1) is 5.82 Å². The maximum Gasteiger partial charge on any atom is 0.416 e. The molecule has 29 heavy (non-hydrogen) atoms. The van der Waals surface area contributed by atoms with Gasteiger partial charge in [-0.1, -0.05) is 18.2 Å². The number of rotatable bonds is 8. The summed E-state index contributed by atoms with van der Waals surface area (Å²) in [6.07, 6.45) is -3.66. The lowest BCUT2D eigenvalue weighted by atomic mass is 10.2. The molecule has 2 aromatic rings. The quantitative estimate of drug-likeness (QED) is 0.647. The van der Waals surface area contributed by atoms with Gasteiger partial charge in [0.1, 0.15) is 5.82 Å². The number of carbonyl (C=O) groups is 1. The second kappa shape index (κ2) is 9.25. The largest absolute Gasteiger partial charge is 0.416 e. The summed E-state index contributed by atoms with van der Waals surface area (Å²) in [6.45, 7) is -0.0481. The monoisotopic (exact) mass is 432 g/mol. The topological polar surface area (TPSA) is 66.5 Å². The lowest BCUT2D eigenvalue weighted by Gasteiger charge is -2.23. The van der Waals surface area contributed by atoms with E-state index in [-0.39, 0.29) is 37.5 Å². The Bertz CT molecular complexity index is 962. The molecule has 0 heterocycles. The first-order valence-electron chi connectivity index (χ1n) is 8.63. The van der Waals surface area contributed by atoms with Crippen LogP contribution in [0.3, 0.4) is 0 Å². The molecule has 0 aromatic heterocycles. The Morgan fingerprint density at radius 3 is 2.41 bits per heavy atom. The minimum atomic E-state index is -4.60. The Kier molecular flexibility index (Phi) is 7.23. The van der Waals surface area contributed by atoms with Crippen molar-refractivity contribution in [2.24, 2.45) is 0 Å². The average molecular weight is 432 g/mol. The molecule has 1 amide bonds. The van der Waals surface area contributed by atoms with Gasteiger partial charge in [-0.2, -0.15) is 13.2 Å². The standard InChI is InChI=1S/C19H20F4N2O3S/c1-29(27,28)25(17-8-3-6-15(12-17)19(21,22)23)10-4-9-18(26)24-13-14-5-2-7-16(20)11-14/h2-3,5-8,11-12H,4,9-10,13H2,1H3,(H,24,26). The molecule has 0 aliphatic carbocycles. The van der Waals surface area contributed by atoms with Crippen molar-refractivity contribution in [1.82, 2.24) is 5.32 Å². The first kappa shape index (κ1) is 22.7. The van der Waals surface area contributed by atoms with E-state index in [2.05, 4.69) is 5.32 Å². The highest BCUT2D eigenvalue weighted by Gasteiger charge is 2.31. The Morgan fingerprint density at radius 1 is 1.10 bits per heavy atom. The van der Waals surface area contributed by atoms with E-state index in [1.165, 1.54) is 24.3 Å². The van der Waals surface area contributed by atoms with E-state index in [0.29, 0.717) is 5.56 Å². The summed E-state index contributed by atoms with van der Waals surface area (Å²) in [5.41, 5.74) is -0.515. The molecular weight excluding hydrogens is 412 g/mol. The van der Waals surface area contributed by atoms with Crippen molar-refractivity contribution >= 4 is 21.6 Å². The summed E-state index contributed by atoms with van der Waals surface area (Å²) in [6, 6.07) is 9.70. The minimum absolute atomic E-state index is 0.0414. The van der Waals surface area contributed by atoms with Gasteiger partial charge in [-0.3, -0.25) is 9.10 Å². The van der Waals surface area contributed by atoms with Gasteiger partial charge in [-0.15, -0.1) is 0 Å². The van der Waals surface area contributed by atoms with Crippen LogP contribution in [0.2, 0.25) is 0 Å². The van der Waals surface area contributed by atoms with Crippen LogP contribution in [0.25, 0.3) is 0 Å². The SMILES string of the molecule is CS(=O)(=O)N(CCCC(=O)NCc1cccc(F)c1)c1cccc(C(F)(F)F)c1. The first-order valence-corrected chi connectivity index (χ1v) is 10.5. The van der Waals surface area contributed by atoms with E-state index in [0.717, 1.165) is 28.8 Å². The zero-order chi connectivity index (χ0) is 21.7. The molecule has 2 rings (SSSR count). The van der Waals surface area contributed by atoms with Crippen LogP contribution in [-0.2, 0) is 27.5 Å². The number of benzene rings is 2. The Balaban J connectivity index is 1.97. The smallest absolute Gasteiger partial charge is 0.352 e. The highest BCUT2D eigenvalue weighted by molar-refractivity contribution is 7.92. The lowest BCUT2D eigenvalue weighted by molar-refractivity contribution is -0.137. The number of halogens is 4. The third-order valence-corrected chi connectivity index (χ3v) is 5.20. The normalized spacial score (nSPS) is 11.9. The van der Waals surface area contributed by atoms with Crippen molar-refractivity contribution in [2.75, 3.05) is 17.1 Å². The molecule has 0 atom stereocenters. The molecule has 1 N–H and O–H groups in total. The second-order valence-electron chi connectivity index (χ2n) is 6.39. The van der Waals surface area contributed by atoms with Crippen molar-refractivity contribution in [3.8, 4) is 0 Å². The zero-order valence-electron chi connectivity index (χ0n) is 15.5. The Hall–Kier alpha value is -2.62. The molecule has 0 radical (unpaired) electrons. The summed E-state index contributed by atoms with van der Waals surface area (Å²) in [4.78, 5) is 11.9. The zero-order valence-corrected chi connectivity index (χ0v) is 16.4. The van der Waals surface area contributed by atoms with Gasteiger partial charge >= 0.3 is 6.18 Å². The number of nitrogens with zero attached hydrogens (tertiary/aromatic N) is 1. The molecule has 0 unspecified atom stereocenters. The van der Waals surface area contributed by atoms with Gasteiger partial charge in [0, 0.05) is 19.5 Å². The van der Waals surface area contributed by atoms with Gasteiger partial charge < -0.3 is 5.32 Å². The molecule has 0 bridgehead atoms. The predicted molar refractivity (Wildman–Crippen MR) is 101 cm³/mol. The van der Waals surface area contributed by atoms with Crippen molar-refractivity contribution in [3.63, 3.8) is 0 Å². The van der Waals surface area contributed by atoms with Crippen molar-refractivity contribution < 1.29 is 30.8 Å². The number of alkyl halides is 3. The van der Waals surface area contributed by atoms with Crippen LogP contribution in [0.1, 0.15) is 24.0 Å². The minimum Gasteiger partial charge on any atom is -0.352 e. The number of anilines is 1. The van der Waals surface area contributed by atoms with E-state index < -0.39 is 27.6 Å². The lowest BCUT2D eigenvalue weighted by Crippen LogP contribution is -2.32. The van der Waals surface area contributed by atoms with Gasteiger partial charge in [0.05, 0.1) is 17.5 Å². The van der Waals surface area contributed by atoms with Crippen LogP contribution >= 0.6 is 0 Å². The molecule has 0 saturated heterocycles. The summed E-state index contributed by atoms with van der Waals surface area (Å²) in [5, 5.41) is 2.59. The molecule has 0 spiro atoms. The fraction of sp³-hybridized carbons (Fsp3) is 0.316. The summed E-state index contributed by atoms with van der Waals surface area (Å²) < 4.78 is 76.7. The van der Waals surface area contributed by atoms with Crippen LogP contribution in [0.15, 0.2) is 48.5 Å². The number of carbonyl (C=O) groups excluding carboxylic acids is 1. The highest BCUT2D eigenvalue weighted by atomic mass is 32.2. The molecule has 0 aliphatic heterocycles. The molecule has 158 valence electrons. The summed E-state index contributed by atoms with van der Waals surface area (Å²) in [7, 11) is -3.85. The Labute approximate surface area is 166 Å². The van der Waals surface area contributed by atoms with E-state index >= 15 is 0 Å². The molecule has 0 saturated carbocycles. The number of hydrogen-bond acceptors (Lipinski definition) is 3. The fourth-order valence-electron chi connectivity index (χ4n) is 2.64. The maximum absolute atomic E-state index is 13.1. The first-order chi connectivity index (χ1) is 13.5. The third-order valence-electron chi connectivity index (χ3n) is 4.01. The second-order valence-corrected chi connectivity index (χ2v) is 8.30. The van der Waals surface area contributed by atoms with E-state index in [1.807, 2.05) is 0 Å². The molecular formula is C19H20F4N2O3S. The molecule has 0 fully saturated rings. The number of amides is 1. The molecule has 10 heteroatoms. The average Bonchev–Trinajstić information content (AvgIpc) is 2.62. The van der Waals surface area contributed by atoms with Crippen LogP contribution in [0.4, 0.5) is 23.2 Å². The van der Waals surface area contributed by atoms with Crippen molar-refractivity contribution in [3.05, 3.63) is 65.5 Å². The van der Waals surface area contributed by atoms with E-state index in [4.69, 9.17) is 0 Å². The van der Waals surface area contributed by atoms with Gasteiger partial charge in [0.25, 0.3) is 0 Å². The van der Waals surface area contributed by atoms with Gasteiger partial charge in [0.2, 0.25) is 15.9 Å². The van der Waals surface area contributed by atoms with E-state index in [1.54, 1.807) is 6.07 Å².